The Labute approximate surface area is 159 Å². The smallest absolute Gasteiger partial charge is 0.305 e. The summed E-state index contributed by atoms with van der Waals surface area (Å²) in [5.41, 5.74) is 3.23. The summed E-state index contributed by atoms with van der Waals surface area (Å²) in [4.78, 5) is 11.9. The molecule has 1 heterocycles. The molecule has 1 aromatic heterocycles. The van der Waals surface area contributed by atoms with Crippen LogP contribution in [0.2, 0.25) is 0 Å². The lowest BCUT2D eigenvalue weighted by Crippen LogP contribution is -2.16. The second kappa shape index (κ2) is 7.56. The van der Waals surface area contributed by atoms with Gasteiger partial charge in [0.25, 0.3) is 10.0 Å². The first-order valence-electron chi connectivity index (χ1n) is 8.90. The molecule has 5 nitrogen and oxygen atoms in total. The van der Waals surface area contributed by atoms with Gasteiger partial charge in [0.05, 0.1) is 17.5 Å². The average Bonchev–Trinajstić information content (AvgIpc) is 3.00. The van der Waals surface area contributed by atoms with Crippen LogP contribution >= 0.6 is 0 Å². The van der Waals surface area contributed by atoms with Crippen LogP contribution in [0.3, 0.4) is 0 Å². The monoisotopic (exact) mass is 385 g/mol. The number of ether oxygens (including phenoxy) is 1. The fourth-order valence-electron chi connectivity index (χ4n) is 3.38. The number of carbonyl (C=O) groups is 1. The van der Waals surface area contributed by atoms with E-state index < -0.39 is 10.0 Å². The van der Waals surface area contributed by atoms with E-state index in [2.05, 4.69) is 0 Å². The molecule has 0 N–H and O–H groups in total. The first kappa shape index (κ1) is 19.2. The van der Waals surface area contributed by atoms with Gasteiger partial charge in [-0.05, 0) is 43.5 Å². The van der Waals surface area contributed by atoms with E-state index in [1.165, 1.54) is 11.1 Å². The van der Waals surface area contributed by atoms with Gasteiger partial charge >= 0.3 is 5.97 Å². The van der Waals surface area contributed by atoms with Gasteiger partial charge in [-0.25, -0.2) is 12.4 Å². The molecule has 0 aliphatic heterocycles. The highest BCUT2D eigenvalue weighted by molar-refractivity contribution is 7.90. The van der Waals surface area contributed by atoms with Crippen molar-refractivity contribution in [2.75, 3.05) is 7.11 Å². The summed E-state index contributed by atoms with van der Waals surface area (Å²) >= 11 is 0. The van der Waals surface area contributed by atoms with Gasteiger partial charge in [-0.15, -0.1) is 0 Å². The second-order valence-corrected chi connectivity index (χ2v) is 8.24. The molecule has 0 aliphatic carbocycles. The van der Waals surface area contributed by atoms with E-state index in [9.17, 15) is 13.2 Å². The quantitative estimate of drug-likeness (QED) is 0.605. The summed E-state index contributed by atoms with van der Waals surface area (Å²) in [7, 11) is -2.39. The molecule has 0 unspecified atom stereocenters. The second-order valence-electron chi connectivity index (χ2n) is 6.45. The van der Waals surface area contributed by atoms with Gasteiger partial charge in [0.2, 0.25) is 0 Å². The van der Waals surface area contributed by atoms with Gasteiger partial charge in [-0.2, -0.15) is 0 Å². The Hall–Kier alpha value is -2.60. The fourth-order valence-corrected chi connectivity index (χ4v) is 5.02. The van der Waals surface area contributed by atoms with E-state index >= 15 is 0 Å². The molecule has 0 radical (unpaired) electrons. The highest BCUT2D eigenvalue weighted by Gasteiger charge is 2.26. The van der Waals surface area contributed by atoms with E-state index in [0.29, 0.717) is 24.1 Å². The molecule has 0 atom stereocenters. The van der Waals surface area contributed by atoms with Gasteiger partial charge in [0.15, 0.2) is 0 Å². The number of para-hydroxylation sites is 1. The molecule has 0 bridgehead atoms. The number of fused-ring (bicyclic) bond motifs is 1. The largest absolute Gasteiger partial charge is 0.469 e. The van der Waals surface area contributed by atoms with Gasteiger partial charge in [-0.1, -0.05) is 42.8 Å². The number of hydrogen-bond donors (Lipinski definition) is 0. The number of esters is 1. The third-order valence-electron chi connectivity index (χ3n) is 4.74. The Morgan fingerprint density at radius 2 is 1.74 bits per heavy atom. The van der Waals surface area contributed by atoms with E-state index in [0.717, 1.165) is 16.5 Å². The zero-order valence-electron chi connectivity index (χ0n) is 15.7. The minimum atomic E-state index is -3.75. The van der Waals surface area contributed by atoms with E-state index in [1.54, 1.807) is 24.3 Å². The summed E-state index contributed by atoms with van der Waals surface area (Å²) in [5.74, 6) is -0.310. The molecule has 142 valence electrons. The van der Waals surface area contributed by atoms with E-state index in [1.807, 2.05) is 38.1 Å². The topological polar surface area (TPSA) is 65.4 Å². The molecule has 0 fully saturated rings. The lowest BCUT2D eigenvalue weighted by Gasteiger charge is -2.12. The van der Waals surface area contributed by atoms with Crippen LogP contribution in [0.5, 0.6) is 0 Å². The van der Waals surface area contributed by atoms with Crippen LogP contribution in [-0.2, 0) is 32.4 Å². The average molecular weight is 385 g/mol. The Morgan fingerprint density at radius 1 is 1.07 bits per heavy atom. The maximum Gasteiger partial charge on any atom is 0.305 e. The molecular weight excluding hydrogens is 362 g/mol. The standard InChI is InChI=1S/C21H23NO4S/c1-4-19-18(13-14-21(23)26-3)17-7-5-6-8-20(17)22(19)27(24,25)16-11-9-15(2)10-12-16/h5-12H,4,13-14H2,1-3H3. The number of benzene rings is 2. The summed E-state index contributed by atoms with van der Waals surface area (Å²) in [6, 6.07) is 14.3. The molecule has 0 spiro atoms. The van der Waals surface area contributed by atoms with Crippen LogP contribution in [0, 0.1) is 6.92 Å². The van der Waals surface area contributed by atoms with E-state index in [-0.39, 0.29) is 17.3 Å². The summed E-state index contributed by atoms with van der Waals surface area (Å²) in [5, 5.41) is 0.855. The van der Waals surface area contributed by atoms with E-state index in [4.69, 9.17) is 4.74 Å². The summed E-state index contributed by atoms with van der Waals surface area (Å²) in [6.45, 7) is 3.85. The van der Waals surface area contributed by atoms with Crippen LogP contribution in [0.1, 0.15) is 30.2 Å². The number of aromatic nitrogens is 1. The van der Waals surface area contributed by atoms with Crippen molar-refractivity contribution in [1.29, 1.82) is 0 Å². The number of methoxy groups -OCH3 is 1. The van der Waals surface area contributed by atoms with Crippen molar-refractivity contribution >= 4 is 26.9 Å². The fraction of sp³-hybridized carbons (Fsp3) is 0.286. The first-order chi connectivity index (χ1) is 12.9. The van der Waals surface area contributed by atoms with Crippen molar-refractivity contribution in [3.63, 3.8) is 0 Å². The van der Waals surface area contributed by atoms with Gasteiger partial charge in [0, 0.05) is 17.5 Å². The number of hydrogen-bond acceptors (Lipinski definition) is 4. The Morgan fingerprint density at radius 3 is 2.37 bits per heavy atom. The molecule has 6 heteroatoms. The molecule has 0 amide bonds. The highest BCUT2D eigenvalue weighted by Crippen LogP contribution is 2.31. The predicted octanol–water partition coefficient (Wildman–Crippen LogP) is 3.85. The van der Waals surface area contributed by atoms with Crippen molar-refractivity contribution in [1.82, 2.24) is 3.97 Å². The molecule has 0 saturated heterocycles. The van der Waals surface area contributed by atoms with Gasteiger partial charge in [-0.3, -0.25) is 4.79 Å². The van der Waals surface area contributed by atoms with Gasteiger partial charge in [0.1, 0.15) is 0 Å². The molecule has 0 aliphatic rings. The number of rotatable bonds is 6. The third-order valence-corrected chi connectivity index (χ3v) is 6.51. The lowest BCUT2D eigenvalue weighted by atomic mass is 10.0. The molecule has 3 rings (SSSR count). The minimum Gasteiger partial charge on any atom is -0.469 e. The third kappa shape index (κ3) is 3.49. The summed E-state index contributed by atoms with van der Waals surface area (Å²) < 4.78 is 33.0. The van der Waals surface area contributed by atoms with Crippen LogP contribution in [0.15, 0.2) is 53.4 Å². The first-order valence-corrected chi connectivity index (χ1v) is 10.3. The number of carbonyl (C=O) groups excluding carboxylic acids is 1. The van der Waals surface area contributed by atoms with Crippen LogP contribution in [0.25, 0.3) is 10.9 Å². The van der Waals surface area contributed by atoms with Crippen molar-refractivity contribution < 1.29 is 17.9 Å². The van der Waals surface area contributed by atoms with Gasteiger partial charge < -0.3 is 4.74 Å². The SMILES string of the molecule is CCc1c(CCC(=O)OC)c2ccccc2n1S(=O)(=O)c1ccc(C)cc1. The summed E-state index contributed by atoms with van der Waals surface area (Å²) in [6.07, 6.45) is 1.19. The number of aryl methyl sites for hydroxylation is 2. The predicted molar refractivity (Wildman–Crippen MR) is 105 cm³/mol. The van der Waals surface area contributed by atoms with Crippen LogP contribution in [0.4, 0.5) is 0 Å². The normalized spacial score (nSPS) is 11.7. The van der Waals surface area contributed by atoms with Crippen LogP contribution in [-0.4, -0.2) is 25.5 Å². The Kier molecular flexibility index (Phi) is 5.37. The Bertz CT molecular complexity index is 1080. The molecule has 3 aromatic rings. The maximum absolute atomic E-state index is 13.4. The van der Waals surface area contributed by atoms with Crippen LogP contribution < -0.4 is 0 Å². The van der Waals surface area contributed by atoms with Crippen molar-refractivity contribution in [2.24, 2.45) is 0 Å². The molecule has 27 heavy (non-hydrogen) atoms. The highest BCUT2D eigenvalue weighted by atomic mass is 32.2. The minimum absolute atomic E-state index is 0.210. The van der Waals surface area contributed by atoms with Crippen molar-refractivity contribution in [3.05, 3.63) is 65.4 Å². The zero-order chi connectivity index (χ0) is 19.6. The molecule has 0 saturated carbocycles. The number of nitrogens with zero attached hydrogens (tertiary/aromatic N) is 1. The lowest BCUT2D eigenvalue weighted by molar-refractivity contribution is -0.140. The zero-order valence-corrected chi connectivity index (χ0v) is 16.5. The van der Waals surface area contributed by atoms with Crippen molar-refractivity contribution in [2.45, 2.75) is 38.0 Å². The maximum atomic E-state index is 13.4. The molecule has 2 aromatic carbocycles. The Balaban J connectivity index is 2.23. The molecular formula is C21H23NO4S. The van der Waals surface area contributed by atoms with Crippen molar-refractivity contribution in [3.8, 4) is 0 Å².